The van der Waals surface area contributed by atoms with Crippen molar-refractivity contribution in [1.29, 1.82) is 0 Å². The lowest BCUT2D eigenvalue weighted by atomic mass is 10.2. The molecule has 0 aliphatic heterocycles. The smallest absolute Gasteiger partial charge is 0.283 e. The second kappa shape index (κ2) is 9.02. The molecular formula is C17H22N4O2S. The van der Waals surface area contributed by atoms with E-state index in [0.29, 0.717) is 22.1 Å². The van der Waals surface area contributed by atoms with Crippen molar-refractivity contribution in [3.05, 3.63) is 40.4 Å². The third-order valence-electron chi connectivity index (χ3n) is 3.28. The number of nitrogens with zero attached hydrogens (tertiary/aromatic N) is 2. The van der Waals surface area contributed by atoms with Crippen LogP contribution in [0.2, 0.25) is 0 Å². The number of nitrogens with one attached hydrogen (secondary N) is 1. The van der Waals surface area contributed by atoms with Crippen LogP contribution < -0.4 is 15.9 Å². The Morgan fingerprint density at radius 3 is 2.79 bits per heavy atom. The third kappa shape index (κ3) is 5.06. The minimum Gasteiger partial charge on any atom is -0.494 e. The Bertz CT molecular complexity index is 695. The van der Waals surface area contributed by atoms with Gasteiger partial charge in [-0.3, -0.25) is 4.79 Å². The number of carbonyl (C=O) groups excluding carboxylic acids is 1. The van der Waals surface area contributed by atoms with E-state index in [4.69, 9.17) is 10.5 Å². The lowest BCUT2D eigenvalue weighted by Crippen LogP contribution is -2.17. The number of aromatic nitrogens is 1. The minimum atomic E-state index is -0.295. The Morgan fingerprint density at radius 2 is 2.12 bits per heavy atom. The number of hydrazone groups is 1. The first-order valence-corrected chi connectivity index (χ1v) is 8.77. The Labute approximate surface area is 145 Å². The first-order valence-electron chi connectivity index (χ1n) is 7.95. The number of ether oxygens (including phenoxy) is 1. The highest BCUT2D eigenvalue weighted by molar-refractivity contribution is 7.17. The van der Waals surface area contributed by atoms with Gasteiger partial charge in [0.25, 0.3) is 5.91 Å². The standard InChI is InChI=1S/C17H22N4O2S/c1-3-5-10-23-13-8-6-12(7-9-13)11-19-21-16(22)15-14(4-2)20-17(18)24-15/h6-9,11H,3-5,10H2,1-2H3,(H2,18,20)(H,21,22)/b19-11-. The highest BCUT2D eigenvalue weighted by Gasteiger charge is 2.15. The highest BCUT2D eigenvalue weighted by Crippen LogP contribution is 2.20. The number of nitrogens with two attached hydrogens (primary N) is 1. The van der Waals surface area contributed by atoms with E-state index < -0.39 is 0 Å². The van der Waals surface area contributed by atoms with Gasteiger partial charge in [-0.2, -0.15) is 5.10 Å². The molecule has 0 saturated heterocycles. The number of nitrogen functional groups attached to an aromatic ring is 1. The highest BCUT2D eigenvalue weighted by atomic mass is 32.1. The second-order valence-corrected chi connectivity index (χ2v) is 6.18. The zero-order valence-corrected chi connectivity index (χ0v) is 14.7. The van der Waals surface area contributed by atoms with Crippen LogP contribution in [0.5, 0.6) is 5.75 Å². The summed E-state index contributed by atoms with van der Waals surface area (Å²) in [6.45, 7) is 4.78. The normalized spacial score (nSPS) is 10.9. The number of rotatable bonds is 8. The molecule has 0 aliphatic carbocycles. The number of amides is 1. The lowest BCUT2D eigenvalue weighted by molar-refractivity contribution is 0.0958. The van der Waals surface area contributed by atoms with Crippen molar-refractivity contribution in [2.24, 2.45) is 5.10 Å². The number of thiazole rings is 1. The zero-order chi connectivity index (χ0) is 17.4. The summed E-state index contributed by atoms with van der Waals surface area (Å²) in [6, 6.07) is 7.55. The largest absolute Gasteiger partial charge is 0.494 e. The maximum absolute atomic E-state index is 12.1. The van der Waals surface area contributed by atoms with Crippen LogP contribution >= 0.6 is 11.3 Å². The summed E-state index contributed by atoms with van der Waals surface area (Å²) in [5.41, 5.74) is 9.72. The van der Waals surface area contributed by atoms with Gasteiger partial charge in [-0.15, -0.1) is 0 Å². The Kier molecular flexibility index (Phi) is 6.74. The van der Waals surface area contributed by atoms with Crippen molar-refractivity contribution in [3.63, 3.8) is 0 Å². The molecule has 2 aromatic rings. The molecule has 1 amide bonds. The molecule has 1 aromatic heterocycles. The summed E-state index contributed by atoms with van der Waals surface area (Å²) in [4.78, 5) is 16.7. The second-order valence-electron chi connectivity index (χ2n) is 5.15. The van der Waals surface area contributed by atoms with Crippen LogP contribution in [0.15, 0.2) is 29.4 Å². The fraction of sp³-hybridized carbons (Fsp3) is 0.353. The number of carbonyl (C=O) groups is 1. The molecule has 0 fully saturated rings. The molecule has 1 heterocycles. The minimum absolute atomic E-state index is 0.295. The molecule has 0 radical (unpaired) electrons. The number of unbranched alkanes of at least 4 members (excludes halogenated alkanes) is 1. The van der Waals surface area contributed by atoms with Gasteiger partial charge < -0.3 is 10.5 Å². The summed E-state index contributed by atoms with van der Waals surface area (Å²) in [5, 5.41) is 4.37. The molecule has 6 nitrogen and oxygen atoms in total. The van der Waals surface area contributed by atoms with Crippen molar-refractivity contribution in [2.75, 3.05) is 12.3 Å². The van der Waals surface area contributed by atoms with E-state index in [2.05, 4.69) is 22.4 Å². The average Bonchev–Trinajstić information content (AvgIpc) is 2.97. The van der Waals surface area contributed by atoms with Crippen molar-refractivity contribution >= 4 is 28.6 Å². The molecule has 0 bridgehead atoms. The first-order chi connectivity index (χ1) is 11.6. The van der Waals surface area contributed by atoms with E-state index in [1.165, 1.54) is 11.3 Å². The van der Waals surface area contributed by atoms with E-state index >= 15 is 0 Å². The van der Waals surface area contributed by atoms with Crippen LogP contribution in [0.25, 0.3) is 0 Å². The van der Waals surface area contributed by atoms with Gasteiger partial charge in [0, 0.05) is 0 Å². The first kappa shape index (κ1) is 17.9. The van der Waals surface area contributed by atoms with Crippen LogP contribution in [0, 0.1) is 0 Å². The van der Waals surface area contributed by atoms with Crippen molar-refractivity contribution in [3.8, 4) is 5.75 Å². The van der Waals surface area contributed by atoms with Crippen molar-refractivity contribution in [1.82, 2.24) is 10.4 Å². The van der Waals surface area contributed by atoms with E-state index in [9.17, 15) is 4.79 Å². The fourth-order valence-corrected chi connectivity index (χ4v) is 2.80. The molecule has 0 spiro atoms. The molecule has 128 valence electrons. The van der Waals surface area contributed by atoms with Gasteiger partial charge in [0.1, 0.15) is 10.6 Å². The lowest BCUT2D eigenvalue weighted by Gasteiger charge is -2.04. The summed E-state index contributed by atoms with van der Waals surface area (Å²) in [6.07, 6.45) is 4.38. The summed E-state index contributed by atoms with van der Waals surface area (Å²) in [7, 11) is 0. The fourth-order valence-electron chi connectivity index (χ4n) is 1.99. The molecule has 0 aliphatic rings. The molecule has 0 saturated carbocycles. The van der Waals surface area contributed by atoms with Gasteiger partial charge in [-0.25, -0.2) is 10.4 Å². The van der Waals surface area contributed by atoms with Crippen molar-refractivity contribution in [2.45, 2.75) is 33.1 Å². The quantitative estimate of drug-likeness (QED) is 0.436. The number of aryl methyl sites for hydroxylation is 1. The topological polar surface area (TPSA) is 89.6 Å². The van der Waals surface area contributed by atoms with Gasteiger partial charge in [-0.1, -0.05) is 31.6 Å². The summed E-state index contributed by atoms with van der Waals surface area (Å²) in [5.74, 6) is 0.536. The molecule has 2 rings (SSSR count). The molecule has 7 heteroatoms. The maximum atomic E-state index is 12.1. The van der Waals surface area contributed by atoms with Gasteiger partial charge in [0.15, 0.2) is 5.13 Å². The maximum Gasteiger partial charge on any atom is 0.283 e. The number of hydrogen-bond acceptors (Lipinski definition) is 6. The summed E-state index contributed by atoms with van der Waals surface area (Å²) >= 11 is 1.17. The van der Waals surface area contributed by atoms with Gasteiger partial charge in [-0.05, 0) is 42.7 Å². The number of hydrogen-bond donors (Lipinski definition) is 2. The van der Waals surface area contributed by atoms with E-state index in [-0.39, 0.29) is 5.91 Å². The van der Waals surface area contributed by atoms with E-state index in [1.54, 1.807) is 6.21 Å². The Morgan fingerprint density at radius 1 is 1.38 bits per heavy atom. The van der Waals surface area contributed by atoms with Crippen molar-refractivity contribution < 1.29 is 9.53 Å². The zero-order valence-electron chi connectivity index (χ0n) is 13.9. The van der Waals surface area contributed by atoms with Crippen LogP contribution in [0.4, 0.5) is 5.13 Å². The van der Waals surface area contributed by atoms with Crippen LogP contribution in [0.3, 0.4) is 0 Å². The third-order valence-corrected chi connectivity index (χ3v) is 4.21. The molecule has 0 atom stereocenters. The van der Waals surface area contributed by atoms with Crippen LogP contribution in [-0.4, -0.2) is 23.7 Å². The number of anilines is 1. The predicted octanol–water partition coefficient (Wildman–Crippen LogP) is 3.23. The van der Waals surface area contributed by atoms with Gasteiger partial charge in [0.2, 0.25) is 0 Å². The molecular weight excluding hydrogens is 324 g/mol. The van der Waals surface area contributed by atoms with Gasteiger partial charge >= 0.3 is 0 Å². The molecule has 0 unspecified atom stereocenters. The number of benzene rings is 1. The van der Waals surface area contributed by atoms with E-state index in [1.807, 2.05) is 31.2 Å². The average molecular weight is 346 g/mol. The van der Waals surface area contributed by atoms with Gasteiger partial charge in [0.05, 0.1) is 18.5 Å². The molecule has 1 aromatic carbocycles. The predicted molar refractivity (Wildman–Crippen MR) is 97.8 cm³/mol. The molecule has 3 N–H and O–H groups in total. The van der Waals surface area contributed by atoms with Crippen LogP contribution in [-0.2, 0) is 6.42 Å². The van der Waals surface area contributed by atoms with E-state index in [0.717, 1.165) is 30.8 Å². The van der Waals surface area contributed by atoms with Crippen LogP contribution in [0.1, 0.15) is 47.6 Å². The monoisotopic (exact) mass is 346 g/mol. The Hall–Kier alpha value is -2.41. The summed E-state index contributed by atoms with van der Waals surface area (Å²) < 4.78 is 5.60. The SMILES string of the molecule is CCCCOc1ccc(/C=N\NC(=O)c2sc(N)nc2CC)cc1. The molecule has 24 heavy (non-hydrogen) atoms. The Balaban J connectivity index is 1.90.